The van der Waals surface area contributed by atoms with Gasteiger partial charge in [-0.3, -0.25) is 0 Å². The number of rotatable bonds is 9. The second-order valence-electron chi connectivity index (χ2n) is 8.24. The van der Waals surface area contributed by atoms with Gasteiger partial charge in [-0.25, -0.2) is 8.42 Å². The highest BCUT2D eigenvalue weighted by Gasteiger charge is 2.19. The standard InChI is InChI=1S/C24H34N2O2S/c1-3-20-5-9-23(10-6-20)25-15-4-16-26-17-13-22(14-18-26)19-21-7-11-24(12-8-21)29(2,27)28/h5-12,22,25H,3-4,13-19H2,1-2H3. The third-order valence-corrected chi connectivity index (χ3v) is 7.05. The van der Waals surface area contributed by atoms with E-state index >= 15 is 0 Å². The maximum atomic E-state index is 11.6. The van der Waals surface area contributed by atoms with Crippen molar-refractivity contribution in [3.05, 3.63) is 59.7 Å². The van der Waals surface area contributed by atoms with Gasteiger partial charge in [-0.2, -0.15) is 0 Å². The molecule has 0 amide bonds. The number of hydrogen-bond donors (Lipinski definition) is 1. The normalized spacial score (nSPS) is 16.1. The Labute approximate surface area is 176 Å². The van der Waals surface area contributed by atoms with E-state index in [1.165, 1.54) is 35.9 Å². The lowest BCUT2D eigenvalue weighted by atomic mass is 9.90. The van der Waals surface area contributed by atoms with E-state index in [0.29, 0.717) is 10.8 Å². The largest absolute Gasteiger partial charge is 0.385 e. The number of likely N-dealkylation sites (tertiary alicyclic amines) is 1. The summed E-state index contributed by atoms with van der Waals surface area (Å²) < 4.78 is 23.2. The minimum atomic E-state index is -3.10. The van der Waals surface area contributed by atoms with Crippen molar-refractivity contribution in [1.82, 2.24) is 4.90 Å². The summed E-state index contributed by atoms with van der Waals surface area (Å²) in [6.45, 7) is 6.67. The Bertz CT molecular complexity index is 853. The van der Waals surface area contributed by atoms with E-state index in [1.807, 2.05) is 12.1 Å². The van der Waals surface area contributed by atoms with E-state index in [1.54, 1.807) is 12.1 Å². The van der Waals surface area contributed by atoms with E-state index in [2.05, 4.69) is 41.4 Å². The fourth-order valence-corrected chi connectivity index (χ4v) is 4.64. The van der Waals surface area contributed by atoms with E-state index in [4.69, 9.17) is 0 Å². The molecule has 4 nitrogen and oxygen atoms in total. The summed E-state index contributed by atoms with van der Waals surface area (Å²) in [7, 11) is -3.10. The second-order valence-corrected chi connectivity index (χ2v) is 10.3. The molecule has 1 aliphatic rings. The van der Waals surface area contributed by atoms with E-state index in [9.17, 15) is 8.42 Å². The Hall–Kier alpha value is -1.85. The molecule has 0 unspecified atom stereocenters. The summed E-state index contributed by atoms with van der Waals surface area (Å²) in [5.41, 5.74) is 3.83. The molecule has 1 aliphatic heterocycles. The zero-order valence-corrected chi connectivity index (χ0v) is 18.5. The first-order valence-corrected chi connectivity index (χ1v) is 12.7. The number of piperidine rings is 1. The van der Waals surface area contributed by atoms with E-state index in [0.717, 1.165) is 45.4 Å². The Morgan fingerprint density at radius 3 is 2.17 bits per heavy atom. The van der Waals surface area contributed by atoms with Gasteiger partial charge in [-0.1, -0.05) is 31.2 Å². The molecule has 0 saturated carbocycles. The van der Waals surface area contributed by atoms with Gasteiger partial charge in [0.15, 0.2) is 9.84 Å². The number of benzene rings is 2. The van der Waals surface area contributed by atoms with Crippen LogP contribution in [0.2, 0.25) is 0 Å². The van der Waals surface area contributed by atoms with Gasteiger partial charge in [-0.05, 0) is 93.0 Å². The van der Waals surface area contributed by atoms with Crippen LogP contribution < -0.4 is 5.32 Å². The summed E-state index contributed by atoms with van der Waals surface area (Å²) in [5.74, 6) is 0.700. The van der Waals surface area contributed by atoms with Crippen LogP contribution in [0.5, 0.6) is 0 Å². The molecule has 158 valence electrons. The Balaban J connectivity index is 1.33. The molecule has 1 N–H and O–H groups in total. The molecular weight excluding hydrogens is 380 g/mol. The van der Waals surface area contributed by atoms with Gasteiger partial charge in [0.05, 0.1) is 4.90 Å². The third kappa shape index (κ3) is 6.86. The number of nitrogens with one attached hydrogen (secondary N) is 1. The fourth-order valence-electron chi connectivity index (χ4n) is 4.01. The molecule has 0 atom stereocenters. The minimum Gasteiger partial charge on any atom is -0.385 e. The molecule has 0 aliphatic carbocycles. The maximum Gasteiger partial charge on any atom is 0.175 e. The molecule has 0 radical (unpaired) electrons. The van der Waals surface area contributed by atoms with Crippen molar-refractivity contribution in [2.45, 2.75) is 43.9 Å². The quantitative estimate of drug-likeness (QED) is 0.618. The van der Waals surface area contributed by atoms with Gasteiger partial charge >= 0.3 is 0 Å². The highest BCUT2D eigenvalue weighted by molar-refractivity contribution is 7.90. The molecule has 1 heterocycles. The van der Waals surface area contributed by atoms with Crippen LogP contribution in [0.3, 0.4) is 0 Å². The van der Waals surface area contributed by atoms with Crippen LogP contribution in [0, 0.1) is 5.92 Å². The number of sulfone groups is 1. The van der Waals surface area contributed by atoms with Crippen LogP contribution in [0.1, 0.15) is 37.3 Å². The van der Waals surface area contributed by atoms with Gasteiger partial charge < -0.3 is 10.2 Å². The summed E-state index contributed by atoms with van der Waals surface area (Å²) in [6, 6.07) is 16.2. The molecule has 0 spiro atoms. The molecule has 1 saturated heterocycles. The lowest BCUT2D eigenvalue weighted by Crippen LogP contribution is -2.35. The molecule has 2 aromatic carbocycles. The molecule has 3 rings (SSSR count). The Morgan fingerprint density at radius 2 is 1.59 bits per heavy atom. The maximum absolute atomic E-state index is 11.6. The van der Waals surface area contributed by atoms with E-state index < -0.39 is 9.84 Å². The molecule has 1 fully saturated rings. The van der Waals surface area contributed by atoms with Crippen molar-refractivity contribution in [3.8, 4) is 0 Å². The predicted molar refractivity (Wildman–Crippen MR) is 121 cm³/mol. The van der Waals surface area contributed by atoms with Crippen LogP contribution in [0.4, 0.5) is 5.69 Å². The molecule has 5 heteroatoms. The van der Waals surface area contributed by atoms with Crippen LogP contribution in [0.15, 0.2) is 53.4 Å². The molecule has 0 aromatic heterocycles. The van der Waals surface area contributed by atoms with Crippen LogP contribution in [0.25, 0.3) is 0 Å². The Morgan fingerprint density at radius 1 is 0.966 bits per heavy atom. The van der Waals surface area contributed by atoms with Crippen LogP contribution in [-0.2, 0) is 22.7 Å². The second kappa shape index (κ2) is 10.3. The average Bonchev–Trinajstić information content (AvgIpc) is 2.72. The van der Waals surface area contributed by atoms with Crippen molar-refractivity contribution in [1.29, 1.82) is 0 Å². The minimum absolute atomic E-state index is 0.408. The average molecular weight is 415 g/mol. The first-order chi connectivity index (χ1) is 13.9. The van der Waals surface area contributed by atoms with Crippen molar-refractivity contribution < 1.29 is 8.42 Å². The molecular formula is C24H34N2O2S. The van der Waals surface area contributed by atoms with Crippen LogP contribution in [-0.4, -0.2) is 45.8 Å². The van der Waals surface area contributed by atoms with Gasteiger partial charge in [0.2, 0.25) is 0 Å². The number of nitrogens with zero attached hydrogens (tertiary/aromatic N) is 1. The number of hydrogen-bond acceptors (Lipinski definition) is 4. The van der Waals surface area contributed by atoms with Crippen molar-refractivity contribution >= 4 is 15.5 Å². The lowest BCUT2D eigenvalue weighted by molar-refractivity contribution is 0.183. The highest BCUT2D eigenvalue weighted by atomic mass is 32.2. The van der Waals surface area contributed by atoms with Crippen molar-refractivity contribution in [2.24, 2.45) is 5.92 Å². The molecule has 29 heavy (non-hydrogen) atoms. The lowest BCUT2D eigenvalue weighted by Gasteiger charge is -2.32. The Kier molecular flexibility index (Phi) is 7.73. The first-order valence-electron chi connectivity index (χ1n) is 10.8. The summed E-state index contributed by atoms with van der Waals surface area (Å²) in [4.78, 5) is 2.98. The van der Waals surface area contributed by atoms with Crippen molar-refractivity contribution in [2.75, 3.05) is 37.8 Å². The summed E-state index contributed by atoms with van der Waals surface area (Å²) in [6.07, 6.45) is 7.00. The smallest absolute Gasteiger partial charge is 0.175 e. The van der Waals surface area contributed by atoms with Gasteiger partial charge in [0.1, 0.15) is 0 Å². The third-order valence-electron chi connectivity index (χ3n) is 5.93. The topological polar surface area (TPSA) is 49.4 Å². The fraction of sp³-hybridized carbons (Fsp3) is 0.500. The number of aryl methyl sites for hydroxylation is 1. The zero-order chi connectivity index (χ0) is 20.7. The zero-order valence-electron chi connectivity index (χ0n) is 17.7. The highest BCUT2D eigenvalue weighted by Crippen LogP contribution is 2.22. The SMILES string of the molecule is CCc1ccc(NCCCN2CCC(Cc3ccc(S(C)(=O)=O)cc3)CC2)cc1. The molecule has 0 bridgehead atoms. The van der Waals surface area contributed by atoms with Gasteiger partial charge in [-0.15, -0.1) is 0 Å². The monoisotopic (exact) mass is 414 g/mol. The van der Waals surface area contributed by atoms with Gasteiger partial charge in [0.25, 0.3) is 0 Å². The summed E-state index contributed by atoms with van der Waals surface area (Å²) in [5, 5.41) is 3.52. The van der Waals surface area contributed by atoms with Crippen molar-refractivity contribution in [3.63, 3.8) is 0 Å². The molecule has 2 aromatic rings. The van der Waals surface area contributed by atoms with E-state index in [-0.39, 0.29) is 0 Å². The first kappa shape index (κ1) is 21.8. The summed E-state index contributed by atoms with van der Waals surface area (Å²) >= 11 is 0. The number of anilines is 1. The predicted octanol–water partition coefficient (Wildman–Crippen LogP) is 4.41. The van der Waals surface area contributed by atoms with Crippen LogP contribution >= 0.6 is 0 Å². The van der Waals surface area contributed by atoms with Gasteiger partial charge in [0, 0.05) is 18.5 Å².